The van der Waals surface area contributed by atoms with Gasteiger partial charge in [0.15, 0.2) is 0 Å². The molecule has 0 bridgehead atoms. The zero-order valence-electron chi connectivity index (χ0n) is 12.6. The van der Waals surface area contributed by atoms with Crippen LogP contribution < -0.4 is 0 Å². The van der Waals surface area contributed by atoms with Gasteiger partial charge in [0, 0.05) is 0 Å². The Balaban J connectivity index is 2.67. The molecule has 1 radical (unpaired) electrons. The summed E-state index contributed by atoms with van der Waals surface area (Å²) in [6.07, 6.45) is 0. The lowest BCUT2D eigenvalue weighted by atomic mass is 9.80. The largest absolute Gasteiger partial charge is 0.0619 e. The second kappa shape index (κ2) is 5.21. The summed E-state index contributed by atoms with van der Waals surface area (Å²) in [5, 5.41) is 0. The van der Waals surface area contributed by atoms with Crippen LogP contribution in [-0.4, -0.2) is 0 Å². The Kier molecular flexibility index (Phi) is 3.80. The molecule has 19 heavy (non-hydrogen) atoms. The van der Waals surface area contributed by atoms with Crippen molar-refractivity contribution in [2.75, 3.05) is 0 Å². The molecule has 0 saturated carbocycles. The van der Waals surface area contributed by atoms with Gasteiger partial charge in [0.25, 0.3) is 0 Å². The zero-order chi connectivity index (χ0) is 14.0. The van der Waals surface area contributed by atoms with Gasteiger partial charge in [0.2, 0.25) is 0 Å². The third-order valence-electron chi connectivity index (χ3n) is 3.48. The summed E-state index contributed by atoms with van der Waals surface area (Å²) in [4.78, 5) is 0. The Labute approximate surface area is 117 Å². The maximum atomic E-state index is 3.44. The first-order chi connectivity index (χ1) is 8.91. The number of benzene rings is 2. The minimum absolute atomic E-state index is 0.112. The Hall–Kier alpha value is -1.56. The Morgan fingerprint density at radius 3 is 2.16 bits per heavy atom. The summed E-state index contributed by atoms with van der Waals surface area (Å²) in [7, 11) is 0. The monoisotopic (exact) mass is 251 g/mol. The van der Waals surface area contributed by atoms with Crippen LogP contribution in [0.25, 0.3) is 11.1 Å². The van der Waals surface area contributed by atoms with Crippen molar-refractivity contribution in [1.29, 1.82) is 0 Å². The van der Waals surface area contributed by atoms with Crippen molar-refractivity contribution >= 4 is 0 Å². The summed E-state index contributed by atoms with van der Waals surface area (Å²) < 4.78 is 0. The van der Waals surface area contributed by atoms with Gasteiger partial charge in [-0.1, -0.05) is 77.1 Å². The molecule has 2 aromatic carbocycles. The molecule has 0 heterocycles. The van der Waals surface area contributed by atoms with E-state index in [4.69, 9.17) is 0 Å². The van der Waals surface area contributed by atoms with Crippen LogP contribution in [0.3, 0.4) is 0 Å². The Morgan fingerprint density at radius 2 is 1.53 bits per heavy atom. The predicted octanol–water partition coefficient (Wildman–Crippen LogP) is 5.57. The molecule has 0 N–H and O–H groups in total. The van der Waals surface area contributed by atoms with Gasteiger partial charge >= 0.3 is 0 Å². The highest BCUT2D eigenvalue weighted by Gasteiger charge is 2.20. The number of rotatable bonds is 2. The van der Waals surface area contributed by atoms with Crippen molar-refractivity contribution < 1.29 is 0 Å². The van der Waals surface area contributed by atoms with E-state index < -0.39 is 0 Å². The first kappa shape index (κ1) is 13.9. The molecule has 2 rings (SSSR count). The molecule has 99 valence electrons. The molecule has 0 heteroatoms. The quantitative estimate of drug-likeness (QED) is 0.654. The molecular formula is C19H23. The number of hydrogen-bond acceptors (Lipinski definition) is 0. The van der Waals surface area contributed by atoms with E-state index in [1.807, 2.05) is 6.07 Å². The predicted molar refractivity (Wildman–Crippen MR) is 83.5 cm³/mol. The lowest BCUT2D eigenvalue weighted by Gasteiger charge is -2.24. The Bertz CT molecular complexity index is 556. The molecule has 0 aromatic heterocycles. The van der Waals surface area contributed by atoms with Crippen LogP contribution in [0.2, 0.25) is 0 Å². The minimum Gasteiger partial charge on any atom is -0.0619 e. The van der Waals surface area contributed by atoms with E-state index in [-0.39, 0.29) is 5.41 Å². The van der Waals surface area contributed by atoms with Gasteiger partial charge < -0.3 is 0 Å². The normalized spacial score (nSPS) is 11.9. The van der Waals surface area contributed by atoms with E-state index in [1.54, 1.807) is 0 Å². The van der Waals surface area contributed by atoms with Crippen LogP contribution in [-0.2, 0) is 5.41 Å². The van der Waals surface area contributed by atoms with E-state index in [1.165, 1.54) is 22.3 Å². The maximum absolute atomic E-state index is 3.44. The highest BCUT2D eigenvalue weighted by Crippen LogP contribution is 2.36. The van der Waals surface area contributed by atoms with Crippen molar-refractivity contribution in [3.05, 3.63) is 59.7 Å². The lowest BCUT2D eigenvalue weighted by molar-refractivity contribution is 0.591. The van der Waals surface area contributed by atoms with E-state index in [9.17, 15) is 0 Å². The summed E-state index contributed by atoms with van der Waals surface area (Å²) in [5.41, 5.74) is 5.48. The van der Waals surface area contributed by atoms with Gasteiger partial charge in [-0.25, -0.2) is 0 Å². The molecule has 0 saturated heterocycles. The fourth-order valence-electron chi connectivity index (χ4n) is 2.53. The SMILES string of the molecule is CC(C)c1ccccc1-c1ccc[c]c1C(C)(C)C. The Morgan fingerprint density at radius 1 is 0.895 bits per heavy atom. The molecule has 0 nitrogen and oxygen atoms in total. The molecular weight excluding hydrogens is 228 g/mol. The van der Waals surface area contributed by atoms with Gasteiger partial charge in [0.05, 0.1) is 0 Å². The van der Waals surface area contributed by atoms with Crippen molar-refractivity contribution in [2.45, 2.75) is 46.0 Å². The molecule has 0 aliphatic heterocycles. The lowest BCUT2D eigenvalue weighted by Crippen LogP contribution is -2.13. The topological polar surface area (TPSA) is 0 Å². The van der Waals surface area contributed by atoms with Crippen molar-refractivity contribution in [1.82, 2.24) is 0 Å². The third-order valence-corrected chi connectivity index (χ3v) is 3.48. The van der Waals surface area contributed by atoms with Crippen LogP contribution in [0.5, 0.6) is 0 Å². The highest BCUT2D eigenvalue weighted by molar-refractivity contribution is 5.72. The molecule has 0 amide bonds. The molecule has 0 unspecified atom stereocenters. The standard InChI is InChI=1S/C19H23/c1-14(2)15-10-6-7-11-16(15)17-12-8-9-13-18(17)19(3,4)5/h6-12,14H,1-5H3. The van der Waals surface area contributed by atoms with Gasteiger partial charge in [0.1, 0.15) is 0 Å². The van der Waals surface area contributed by atoms with Crippen molar-refractivity contribution in [3.63, 3.8) is 0 Å². The second-order valence-corrected chi connectivity index (χ2v) is 6.45. The van der Waals surface area contributed by atoms with Gasteiger partial charge in [-0.3, -0.25) is 0 Å². The van der Waals surface area contributed by atoms with Gasteiger partial charge in [-0.05, 0) is 39.7 Å². The fourth-order valence-corrected chi connectivity index (χ4v) is 2.53. The second-order valence-electron chi connectivity index (χ2n) is 6.45. The van der Waals surface area contributed by atoms with E-state index in [2.05, 4.69) is 77.1 Å². The van der Waals surface area contributed by atoms with Crippen LogP contribution in [0.4, 0.5) is 0 Å². The summed E-state index contributed by atoms with van der Waals surface area (Å²) in [6, 6.07) is 18.5. The van der Waals surface area contributed by atoms with E-state index >= 15 is 0 Å². The highest BCUT2D eigenvalue weighted by atomic mass is 14.2. The van der Waals surface area contributed by atoms with Crippen LogP contribution >= 0.6 is 0 Å². The molecule has 0 atom stereocenters. The average molecular weight is 251 g/mol. The first-order valence-electron chi connectivity index (χ1n) is 7.01. The molecule has 0 aliphatic carbocycles. The van der Waals surface area contributed by atoms with E-state index in [0.29, 0.717) is 5.92 Å². The maximum Gasteiger partial charge on any atom is -0.0120 e. The smallest absolute Gasteiger partial charge is 0.0120 e. The minimum atomic E-state index is 0.112. The first-order valence-corrected chi connectivity index (χ1v) is 7.01. The van der Waals surface area contributed by atoms with Crippen molar-refractivity contribution in [2.24, 2.45) is 0 Å². The third kappa shape index (κ3) is 2.89. The van der Waals surface area contributed by atoms with E-state index in [0.717, 1.165) is 0 Å². The summed E-state index contributed by atoms with van der Waals surface area (Å²) in [6.45, 7) is 11.3. The number of hydrogen-bond donors (Lipinski definition) is 0. The fraction of sp³-hybridized carbons (Fsp3) is 0.368. The summed E-state index contributed by atoms with van der Waals surface area (Å²) in [5.74, 6) is 0.532. The molecule has 2 aromatic rings. The molecule has 0 aliphatic rings. The van der Waals surface area contributed by atoms with Crippen LogP contribution in [0, 0.1) is 6.07 Å². The zero-order valence-corrected chi connectivity index (χ0v) is 12.6. The van der Waals surface area contributed by atoms with Crippen LogP contribution in [0.15, 0.2) is 42.5 Å². The van der Waals surface area contributed by atoms with Crippen molar-refractivity contribution in [3.8, 4) is 11.1 Å². The van der Waals surface area contributed by atoms with Gasteiger partial charge in [-0.15, -0.1) is 0 Å². The molecule has 0 fully saturated rings. The molecule has 0 spiro atoms. The average Bonchev–Trinajstić information content (AvgIpc) is 2.37. The summed E-state index contributed by atoms with van der Waals surface area (Å²) >= 11 is 0. The van der Waals surface area contributed by atoms with Gasteiger partial charge in [-0.2, -0.15) is 0 Å². The van der Waals surface area contributed by atoms with Crippen LogP contribution in [0.1, 0.15) is 51.7 Å².